The Morgan fingerprint density at radius 1 is 1.28 bits per heavy atom. The molecule has 3 N–H and O–H groups in total. The molecule has 2 amide bonds. The fourth-order valence-electron chi connectivity index (χ4n) is 3.61. The summed E-state index contributed by atoms with van der Waals surface area (Å²) >= 11 is 0. The number of hydrogen-bond donors (Lipinski definition) is 3. The standard InChI is InChI=1S/C21H26N4O4/c1-13-12-24(21(29)15-3-4-15)19-9-16(5-6-18(19)25(13)14(2)26)17(10-22)11-23-8-7-20(27)28/h5-6,9-11,13,15,22-23H,3-4,7-8,12H2,1-2H3,(H,27,28)/b17-11+,22-10?. The number of fused-ring (bicyclic) bond motifs is 1. The van der Waals surface area contributed by atoms with Crippen LogP contribution in [0.4, 0.5) is 11.4 Å². The lowest BCUT2D eigenvalue weighted by Gasteiger charge is -2.41. The fourth-order valence-corrected chi connectivity index (χ4v) is 3.61. The number of benzene rings is 1. The van der Waals surface area contributed by atoms with Gasteiger partial charge in [0, 0.05) is 43.9 Å². The zero-order valence-corrected chi connectivity index (χ0v) is 16.6. The van der Waals surface area contributed by atoms with Gasteiger partial charge in [-0.2, -0.15) is 0 Å². The molecule has 0 bridgehead atoms. The zero-order chi connectivity index (χ0) is 21.1. The molecule has 0 aromatic heterocycles. The minimum absolute atomic E-state index is 0.0267. The second-order valence-electron chi connectivity index (χ2n) is 7.51. The molecule has 1 unspecified atom stereocenters. The molecule has 8 heteroatoms. The Balaban J connectivity index is 1.96. The van der Waals surface area contributed by atoms with E-state index in [9.17, 15) is 14.4 Å². The maximum atomic E-state index is 12.9. The van der Waals surface area contributed by atoms with Gasteiger partial charge in [-0.1, -0.05) is 6.07 Å². The Labute approximate surface area is 169 Å². The van der Waals surface area contributed by atoms with Crippen LogP contribution in [-0.2, 0) is 14.4 Å². The molecule has 1 aliphatic heterocycles. The maximum Gasteiger partial charge on any atom is 0.305 e. The number of carbonyl (C=O) groups is 3. The summed E-state index contributed by atoms with van der Waals surface area (Å²) in [5.41, 5.74) is 2.64. The maximum absolute atomic E-state index is 12.9. The molecule has 0 spiro atoms. The molecule has 1 aromatic carbocycles. The van der Waals surface area contributed by atoms with Crippen LogP contribution in [0.5, 0.6) is 0 Å². The topological polar surface area (TPSA) is 114 Å². The van der Waals surface area contributed by atoms with Crippen molar-refractivity contribution >= 4 is 40.9 Å². The van der Waals surface area contributed by atoms with Gasteiger partial charge in [-0.15, -0.1) is 0 Å². The van der Waals surface area contributed by atoms with Crippen LogP contribution in [0, 0.1) is 11.3 Å². The van der Waals surface area contributed by atoms with Gasteiger partial charge >= 0.3 is 5.97 Å². The van der Waals surface area contributed by atoms with Gasteiger partial charge in [-0.3, -0.25) is 14.4 Å². The fraction of sp³-hybridized carbons (Fsp3) is 0.429. The van der Waals surface area contributed by atoms with Crippen LogP contribution in [0.2, 0.25) is 0 Å². The van der Waals surface area contributed by atoms with Gasteiger partial charge in [-0.05, 0) is 37.5 Å². The Kier molecular flexibility index (Phi) is 6.00. The van der Waals surface area contributed by atoms with E-state index in [4.69, 9.17) is 10.5 Å². The summed E-state index contributed by atoms with van der Waals surface area (Å²) in [6.07, 6.45) is 4.54. The number of carbonyl (C=O) groups excluding carboxylic acids is 2. The highest BCUT2D eigenvalue weighted by atomic mass is 16.4. The number of aliphatic carboxylic acids is 1. The second-order valence-corrected chi connectivity index (χ2v) is 7.51. The van der Waals surface area contributed by atoms with Crippen molar-refractivity contribution in [2.75, 3.05) is 22.9 Å². The molecular weight excluding hydrogens is 372 g/mol. The first-order valence-electron chi connectivity index (χ1n) is 9.75. The van der Waals surface area contributed by atoms with Gasteiger partial charge in [-0.25, -0.2) is 0 Å². The average molecular weight is 398 g/mol. The molecule has 3 rings (SSSR count). The third kappa shape index (κ3) is 4.47. The molecule has 2 aliphatic rings. The number of rotatable bonds is 7. The number of carboxylic acids is 1. The molecule has 0 saturated heterocycles. The Hall–Kier alpha value is -3.16. The van der Waals surface area contributed by atoms with Crippen LogP contribution in [0.3, 0.4) is 0 Å². The summed E-state index contributed by atoms with van der Waals surface area (Å²) in [5, 5.41) is 19.4. The minimum atomic E-state index is -0.899. The van der Waals surface area contributed by atoms with Crippen LogP contribution >= 0.6 is 0 Å². The van der Waals surface area contributed by atoms with E-state index in [-0.39, 0.29) is 36.7 Å². The van der Waals surface area contributed by atoms with E-state index in [1.54, 1.807) is 16.0 Å². The van der Waals surface area contributed by atoms with Crippen molar-refractivity contribution in [3.63, 3.8) is 0 Å². The lowest BCUT2D eigenvalue weighted by Crippen LogP contribution is -2.51. The van der Waals surface area contributed by atoms with Crippen LogP contribution in [0.1, 0.15) is 38.7 Å². The number of carboxylic acid groups (broad SMARTS) is 1. The van der Waals surface area contributed by atoms with Crippen LogP contribution < -0.4 is 15.1 Å². The molecule has 1 fully saturated rings. The van der Waals surface area contributed by atoms with Gasteiger partial charge in [0.2, 0.25) is 11.8 Å². The summed E-state index contributed by atoms with van der Waals surface area (Å²) in [4.78, 5) is 39.2. The van der Waals surface area contributed by atoms with E-state index in [1.807, 2.05) is 25.1 Å². The van der Waals surface area contributed by atoms with Crippen molar-refractivity contribution in [1.29, 1.82) is 5.41 Å². The van der Waals surface area contributed by atoms with Crippen molar-refractivity contribution in [3.8, 4) is 0 Å². The number of amides is 2. The van der Waals surface area contributed by atoms with Crippen LogP contribution in [-0.4, -0.2) is 48.2 Å². The lowest BCUT2D eigenvalue weighted by atomic mass is 10.0. The molecule has 1 aromatic rings. The summed E-state index contributed by atoms with van der Waals surface area (Å²) in [6, 6.07) is 5.32. The van der Waals surface area contributed by atoms with Gasteiger partial charge in [0.15, 0.2) is 0 Å². The van der Waals surface area contributed by atoms with E-state index < -0.39 is 5.97 Å². The predicted octanol–water partition coefficient (Wildman–Crippen LogP) is 2.24. The smallest absolute Gasteiger partial charge is 0.305 e. The molecule has 1 saturated carbocycles. The average Bonchev–Trinajstić information content (AvgIpc) is 3.51. The van der Waals surface area contributed by atoms with E-state index in [0.717, 1.165) is 12.8 Å². The van der Waals surface area contributed by atoms with Gasteiger partial charge < -0.3 is 25.6 Å². The van der Waals surface area contributed by atoms with E-state index in [2.05, 4.69) is 5.32 Å². The number of allylic oxidation sites excluding steroid dienone is 1. The summed E-state index contributed by atoms with van der Waals surface area (Å²) in [5.74, 6) is -0.844. The number of anilines is 2. The number of nitrogens with zero attached hydrogens (tertiary/aromatic N) is 2. The monoisotopic (exact) mass is 398 g/mol. The van der Waals surface area contributed by atoms with Crippen molar-refractivity contribution in [2.24, 2.45) is 5.92 Å². The SMILES string of the molecule is CC(=O)N1c2ccc(/C(C=N)=C/NCCC(=O)O)cc2N(C(=O)C2CC2)CC1C. The molecule has 0 radical (unpaired) electrons. The number of nitrogens with one attached hydrogen (secondary N) is 2. The molecule has 1 heterocycles. The first-order valence-corrected chi connectivity index (χ1v) is 9.75. The van der Waals surface area contributed by atoms with E-state index >= 15 is 0 Å². The molecule has 29 heavy (non-hydrogen) atoms. The molecule has 154 valence electrons. The van der Waals surface area contributed by atoms with Crippen molar-refractivity contribution in [1.82, 2.24) is 5.32 Å². The van der Waals surface area contributed by atoms with E-state index in [0.29, 0.717) is 29.1 Å². The minimum Gasteiger partial charge on any atom is -0.481 e. The highest BCUT2D eigenvalue weighted by Crippen LogP contribution is 2.41. The van der Waals surface area contributed by atoms with Crippen LogP contribution in [0.25, 0.3) is 5.57 Å². The van der Waals surface area contributed by atoms with Crippen LogP contribution in [0.15, 0.2) is 24.4 Å². The molecule has 8 nitrogen and oxygen atoms in total. The highest BCUT2D eigenvalue weighted by molar-refractivity contribution is 6.11. The molecule has 1 aliphatic carbocycles. The largest absolute Gasteiger partial charge is 0.481 e. The highest BCUT2D eigenvalue weighted by Gasteiger charge is 2.39. The van der Waals surface area contributed by atoms with Crippen molar-refractivity contribution < 1.29 is 19.5 Å². The van der Waals surface area contributed by atoms with Gasteiger partial charge in [0.25, 0.3) is 0 Å². The number of hydrogen-bond acceptors (Lipinski definition) is 5. The predicted molar refractivity (Wildman–Crippen MR) is 111 cm³/mol. The van der Waals surface area contributed by atoms with E-state index in [1.165, 1.54) is 13.1 Å². The van der Waals surface area contributed by atoms with Crippen molar-refractivity contribution in [3.05, 3.63) is 30.0 Å². The Morgan fingerprint density at radius 2 is 2.00 bits per heavy atom. The quantitative estimate of drug-likeness (QED) is 0.481. The Morgan fingerprint density at radius 3 is 2.59 bits per heavy atom. The zero-order valence-electron chi connectivity index (χ0n) is 16.6. The Bertz CT molecular complexity index is 875. The molecule has 1 atom stereocenters. The first kappa shape index (κ1) is 20.6. The third-order valence-electron chi connectivity index (χ3n) is 5.17. The van der Waals surface area contributed by atoms with Gasteiger partial charge in [0.1, 0.15) is 0 Å². The third-order valence-corrected chi connectivity index (χ3v) is 5.17. The first-order chi connectivity index (χ1) is 13.8. The summed E-state index contributed by atoms with van der Waals surface area (Å²) in [6.45, 7) is 4.13. The normalized spacial score (nSPS) is 18.8. The lowest BCUT2D eigenvalue weighted by molar-refractivity contribution is -0.136. The second kappa shape index (κ2) is 8.46. The summed E-state index contributed by atoms with van der Waals surface area (Å²) in [7, 11) is 0. The summed E-state index contributed by atoms with van der Waals surface area (Å²) < 4.78 is 0. The van der Waals surface area contributed by atoms with Gasteiger partial charge in [0.05, 0.1) is 23.8 Å². The molecular formula is C21H26N4O4. The van der Waals surface area contributed by atoms with Crippen molar-refractivity contribution in [2.45, 2.75) is 39.2 Å².